The van der Waals surface area contributed by atoms with Crippen molar-refractivity contribution in [1.82, 2.24) is 4.33 Å². The van der Waals surface area contributed by atoms with E-state index in [1.54, 1.807) is 0 Å². The van der Waals surface area contributed by atoms with E-state index in [0.29, 0.717) is 4.82 Å². The molecule has 0 aliphatic heterocycles. The second kappa shape index (κ2) is 6.02. The zero-order valence-corrected chi connectivity index (χ0v) is 11.0. The Bertz CT molecular complexity index is 261. The average Bonchev–Trinajstić information content (AvgIpc) is 2.14. The molecule has 1 saturated carbocycles. The van der Waals surface area contributed by atoms with Crippen molar-refractivity contribution < 1.29 is 19.1 Å². The van der Waals surface area contributed by atoms with Gasteiger partial charge in [-0.1, -0.05) is 0 Å². The van der Waals surface area contributed by atoms with Crippen molar-refractivity contribution in [2.24, 2.45) is 0 Å². The van der Waals surface area contributed by atoms with Crippen LogP contribution in [-0.4, -0.2) is 37.0 Å². The van der Waals surface area contributed by atoms with Crippen LogP contribution in [0.1, 0.15) is 32.1 Å². The summed E-state index contributed by atoms with van der Waals surface area (Å²) in [4.78, 5) is 28.8. The fourth-order valence-electron chi connectivity index (χ4n) is 1.55. The predicted molar refractivity (Wildman–Crippen MR) is 57.6 cm³/mol. The summed E-state index contributed by atoms with van der Waals surface area (Å²) in [5.41, 5.74) is 0. The first kappa shape index (κ1) is 13.2. The first-order valence-electron chi connectivity index (χ1n) is 4.96. The normalized spacial score (nSPS) is 18.8. The topological polar surface area (TPSA) is 86.6 Å². The van der Waals surface area contributed by atoms with Crippen LogP contribution >= 0.6 is 7.60 Å². The van der Waals surface area contributed by atoms with E-state index in [2.05, 4.69) is 4.33 Å². The molecule has 1 rings (SSSR count). The fourth-order valence-corrected chi connectivity index (χ4v) is 4.22. The molecule has 0 heterocycles. The SMILES string of the molecule is O=C(CP(=O)(O)O)N[Se]C1CCCCC1. The van der Waals surface area contributed by atoms with E-state index < -0.39 is 19.7 Å². The standard InChI is InChI=1S/C8H16NO4PSe/c10-8(6-14(11,12)13)9-15-7-4-2-1-3-5-7/h7H,1-6H2,(H,9,10)(H2,11,12,13). The molecule has 0 bridgehead atoms. The van der Waals surface area contributed by atoms with Crippen molar-refractivity contribution in [2.75, 3.05) is 6.16 Å². The maximum atomic E-state index is 11.1. The number of hydrogen-bond donors (Lipinski definition) is 3. The molecule has 1 fully saturated rings. The van der Waals surface area contributed by atoms with E-state index in [9.17, 15) is 9.36 Å². The molecule has 0 aromatic heterocycles. The van der Waals surface area contributed by atoms with Crippen molar-refractivity contribution in [3.05, 3.63) is 0 Å². The van der Waals surface area contributed by atoms with Crippen LogP contribution < -0.4 is 4.33 Å². The van der Waals surface area contributed by atoms with Gasteiger partial charge in [-0.3, -0.25) is 0 Å². The summed E-state index contributed by atoms with van der Waals surface area (Å²) in [5, 5.41) is 0. The summed E-state index contributed by atoms with van der Waals surface area (Å²) in [6.07, 6.45) is 5.28. The molecule has 3 N–H and O–H groups in total. The van der Waals surface area contributed by atoms with Gasteiger partial charge in [0.15, 0.2) is 0 Å². The van der Waals surface area contributed by atoms with Crippen LogP contribution in [0, 0.1) is 0 Å². The summed E-state index contributed by atoms with van der Waals surface area (Å²) in [7, 11) is -4.19. The van der Waals surface area contributed by atoms with Crippen LogP contribution in [-0.2, 0) is 9.36 Å². The Labute approximate surface area is 95.5 Å². The van der Waals surface area contributed by atoms with Crippen LogP contribution in [0.5, 0.6) is 0 Å². The Kier molecular flexibility index (Phi) is 5.30. The molecule has 0 saturated heterocycles. The molecule has 1 amide bonds. The second-order valence-corrected chi connectivity index (χ2v) is 7.69. The van der Waals surface area contributed by atoms with Crippen molar-refractivity contribution in [2.45, 2.75) is 36.9 Å². The summed E-state index contributed by atoms with van der Waals surface area (Å²) in [5.74, 6) is -0.520. The molecule has 7 heteroatoms. The van der Waals surface area contributed by atoms with E-state index >= 15 is 0 Å². The van der Waals surface area contributed by atoms with Gasteiger partial charge in [-0.25, -0.2) is 0 Å². The molecule has 88 valence electrons. The van der Waals surface area contributed by atoms with Crippen molar-refractivity contribution in [1.29, 1.82) is 0 Å². The Hall–Kier alpha value is 0.139. The van der Waals surface area contributed by atoms with Gasteiger partial charge in [0.05, 0.1) is 0 Å². The van der Waals surface area contributed by atoms with Crippen molar-refractivity contribution in [3.8, 4) is 0 Å². The number of hydrogen-bond acceptors (Lipinski definition) is 2. The second-order valence-electron chi connectivity index (χ2n) is 3.73. The number of carbonyl (C=O) groups excluding carboxylic acids is 1. The van der Waals surface area contributed by atoms with Gasteiger partial charge in [0.1, 0.15) is 0 Å². The molecular formula is C8H16NO4PSe. The minimum absolute atomic E-state index is 0.00727. The fraction of sp³-hybridized carbons (Fsp3) is 0.875. The summed E-state index contributed by atoms with van der Waals surface area (Å²) in [6, 6.07) is 0. The molecule has 0 unspecified atom stereocenters. The average molecular weight is 300 g/mol. The van der Waals surface area contributed by atoms with Crippen LogP contribution in [0.2, 0.25) is 4.82 Å². The number of rotatable bonds is 4. The molecule has 0 aromatic carbocycles. The van der Waals surface area contributed by atoms with Crippen LogP contribution in [0.3, 0.4) is 0 Å². The number of amides is 1. The van der Waals surface area contributed by atoms with E-state index in [1.807, 2.05) is 0 Å². The van der Waals surface area contributed by atoms with Crippen LogP contribution in [0.25, 0.3) is 0 Å². The monoisotopic (exact) mass is 301 g/mol. The zero-order chi connectivity index (χ0) is 11.3. The summed E-state index contributed by atoms with van der Waals surface area (Å²) < 4.78 is 13.2. The van der Waals surface area contributed by atoms with Gasteiger partial charge in [0.25, 0.3) is 0 Å². The third kappa shape index (κ3) is 6.33. The van der Waals surface area contributed by atoms with Crippen molar-refractivity contribution in [3.63, 3.8) is 0 Å². The Morgan fingerprint density at radius 1 is 1.33 bits per heavy atom. The van der Waals surface area contributed by atoms with E-state index in [0.717, 1.165) is 12.8 Å². The van der Waals surface area contributed by atoms with E-state index in [4.69, 9.17) is 9.79 Å². The third-order valence-corrected chi connectivity index (χ3v) is 5.35. The molecule has 1 aliphatic rings. The van der Waals surface area contributed by atoms with Crippen LogP contribution in [0.4, 0.5) is 0 Å². The predicted octanol–water partition coefficient (Wildman–Crippen LogP) is 0.652. The first-order chi connectivity index (χ1) is 6.97. The summed E-state index contributed by atoms with van der Waals surface area (Å²) in [6.45, 7) is 0. The first-order valence-corrected chi connectivity index (χ1v) is 8.61. The third-order valence-electron chi connectivity index (χ3n) is 2.24. The zero-order valence-electron chi connectivity index (χ0n) is 8.39. The molecule has 0 radical (unpaired) electrons. The number of nitrogens with one attached hydrogen (secondary N) is 1. The quantitative estimate of drug-likeness (QED) is 0.525. The summed E-state index contributed by atoms with van der Waals surface area (Å²) >= 11 is -0.00727. The van der Waals surface area contributed by atoms with E-state index in [-0.39, 0.29) is 15.2 Å². The molecule has 15 heavy (non-hydrogen) atoms. The van der Waals surface area contributed by atoms with Gasteiger partial charge in [-0.05, 0) is 0 Å². The molecule has 0 atom stereocenters. The van der Waals surface area contributed by atoms with Gasteiger partial charge in [-0.2, -0.15) is 0 Å². The van der Waals surface area contributed by atoms with E-state index in [1.165, 1.54) is 19.3 Å². The van der Waals surface area contributed by atoms with Crippen LogP contribution in [0.15, 0.2) is 0 Å². The Morgan fingerprint density at radius 3 is 2.47 bits per heavy atom. The Morgan fingerprint density at radius 2 is 1.93 bits per heavy atom. The Balaban J connectivity index is 2.18. The molecule has 0 spiro atoms. The van der Waals surface area contributed by atoms with Crippen molar-refractivity contribution >= 4 is 28.7 Å². The minimum atomic E-state index is -4.19. The van der Waals surface area contributed by atoms with Gasteiger partial charge < -0.3 is 0 Å². The van der Waals surface area contributed by atoms with Gasteiger partial charge in [0.2, 0.25) is 0 Å². The molecule has 1 aliphatic carbocycles. The molecule has 5 nitrogen and oxygen atoms in total. The maximum absolute atomic E-state index is 11.1. The molecular weight excluding hydrogens is 284 g/mol. The number of carbonyl (C=O) groups is 1. The van der Waals surface area contributed by atoms with Gasteiger partial charge in [-0.15, -0.1) is 0 Å². The van der Waals surface area contributed by atoms with Gasteiger partial charge >= 0.3 is 95.2 Å². The van der Waals surface area contributed by atoms with Gasteiger partial charge in [0, 0.05) is 0 Å². The molecule has 0 aromatic rings.